The summed E-state index contributed by atoms with van der Waals surface area (Å²) in [5.74, 6) is 0. The lowest BCUT2D eigenvalue weighted by atomic mass is 9.92. The van der Waals surface area contributed by atoms with E-state index < -0.39 is 5.60 Å². The largest absolute Gasteiger partial charge is 0.375 e. The second-order valence-corrected chi connectivity index (χ2v) is 3.85. The smallest absolute Gasteiger partial charge is 0.144 e. The van der Waals surface area contributed by atoms with Crippen molar-refractivity contribution in [2.45, 2.75) is 23.8 Å². The highest BCUT2D eigenvalue weighted by Gasteiger charge is 2.60. The topological polar surface area (TPSA) is 36.9 Å². The minimum atomic E-state index is -0.444. The Labute approximate surface area is 83.9 Å². The molecule has 0 N–H and O–H groups in total. The molecule has 0 spiro atoms. The van der Waals surface area contributed by atoms with E-state index in [1.54, 1.807) is 7.11 Å². The highest BCUT2D eigenvalue weighted by molar-refractivity contribution is 7.75. The standard InChI is InChI=1S/C7H13BO4S/c1-9-5-4-6(8)12-7(5,2-10-4)3-11-13/h4-6,13H,2-3,8H2,1H3/t4?,5?,6-,7-/m1/s1. The lowest BCUT2D eigenvalue weighted by molar-refractivity contribution is -0.132. The molecule has 0 aromatic carbocycles. The third kappa shape index (κ3) is 1.32. The number of fused-ring (bicyclic) bond motifs is 2. The zero-order valence-electron chi connectivity index (χ0n) is 7.73. The first kappa shape index (κ1) is 9.80. The highest BCUT2D eigenvalue weighted by atomic mass is 32.1. The normalized spacial score (nSPS) is 48.6. The molecular formula is C7H13BO4S. The summed E-state index contributed by atoms with van der Waals surface area (Å²) in [7, 11) is 3.65. The zero-order chi connectivity index (χ0) is 9.47. The predicted molar refractivity (Wildman–Crippen MR) is 51.6 cm³/mol. The van der Waals surface area contributed by atoms with Crippen LogP contribution in [-0.2, 0) is 18.4 Å². The monoisotopic (exact) mass is 204 g/mol. The van der Waals surface area contributed by atoms with Crippen molar-refractivity contribution in [1.29, 1.82) is 0 Å². The van der Waals surface area contributed by atoms with Gasteiger partial charge in [0.25, 0.3) is 0 Å². The van der Waals surface area contributed by atoms with Gasteiger partial charge in [0.05, 0.1) is 19.2 Å². The summed E-state index contributed by atoms with van der Waals surface area (Å²) in [6, 6.07) is 0.0715. The molecule has 4 atom stereocenters. The van der Waals surface area contributed by atoms with Crippen molar-refractivity contribution >= 4 is 20.8 Å². The maximum atomic E-state index is 5.77. The van der Waals surface area contributed by atoms with Crippen LogP contribution in [0.5, 0.6) is 0 Å². The number of hydrogen-bond acceptors (Lipinski definition) is 5. The van der Waals surface area contributed by atoms with E-state index in [0.29, 0.717) is 13.2 Å². The zero-order valence-corrected chi connectivity index (χ0v) is 8.62. The number of thiol groups is 1. The lowest BCUT2D eigenvalue weighted by Crippen LogP contribution is -2.45. The quantitative estimate of drug-likeness (QED) is 0.363. The molecule has 13 heavy (non-hydrogen) atoms. The van der Waals surface area contributed by atoms with Gasteiger partial charge in [0, 0.05) is 7.11 Å². The Kier molecular flexibility index (Phi) is 2.59. The van der Waals surface area contributed by atoms with Crippen molar-refractivity contribution in [1.82, 2.24) is 0 Å². The highest BCUT2D eigenvalue weighted by Crippen LogP contribution is 2.40. The number of hydrogen-bond donors (Lipinski definition) is 1. The molecule has 6 heteroatoms. The van der Waals surface area contributed by atoms with E-state index in [1.807, 2.05) is 7.85 Å². The first-order chi connectivity index (χ1) is 6.23. The second kappa shape index (κ2) is 3.44. The molecule has 2 aliphatic heterocycles. The van der Waals surface area contributed by atoms with Gasteiger partial charge in [-0.3, -0.25) is 0 Å². The van der Waals surface area contributed by atoms with Crippen LogP contribution in [0.4, 0.5) is 0 Å². The lowest BCUT2D eigenvalue weighted by Gasteiger charge is -2.28. The summed E-state index contributed by atoms with van der Waals surface area (Å²) in [4.78, 5) is 0. The maximum Gasteiger partial charge on any atom is 0.144 e. The summed E-state index contributed by atoms with van der Waals surface area (Å²) in [6.45, 7) is 0.927. The number of ether oxygens (including phenoxy) is 3. The molecule has 74 valence electrons. The maximum absolute atomic E-state index is 5.77. The van der Waals surface area contributed by atoms with Crippen LogP contribution in [0.3, 0.4) is 0 Å². The van der Waals surface area contributed by atoms with Crippen molar-refractivity contribution < 1.29 is 18.4 Å². The molecule has 2 bridgehead atoms. The van der Waals surface area contributed by atoms with Crippen LogP contribution in [-0.4, -0.2) is 52.0 Å². The van der Waals surface area contributed by atoms with Crippen LogP contribution in [0.25, 0.3) is 0 Å². The second-order valence-electron chi connectivity index (χ2n) is 3.59. The molecule has 2 rings (SSSR count). The first-order valence-electron chi connectivity index (χ1n) is 4.32. The number of rotatable bonds is 3. The van der Waals surface area contributed by atoms with E-state index >= 15 is 0 Å². The van der Waals surface area contributed by atoms with Gasteiger partial charge in [0.2, 0.25) is 0 Å². The van der Waals surface area contributed by atoms with Crippen LogP contribution >= 0.6 is 12.9 Å². The Bertz CT molecular complexity index is 205. The van der Waals surface area contributed by atoms with Gasteiger partial charge in [-0.2, -0.15) is 0 Å². The molecule has 0 aromatic rings. The molecule has 2 unspecified atom stereocenters. The van der Waals surface area contributed by atoms with E-state index in [9.17, 15) is 0 Å². The molecule has 0 radical (unpaired) electrons. The third-order valence-electron chi connectivity index (χ3n) is 2.78. The Hall–Kier alpha value is 0.255. The molecule has 0 amide bonds. The minimum Gasteiger partial charge on any atom is -0.375 e. The van der Waals surface area contributed by atoms with Crippen molar-refractivity contribution in [2.24, 2.45) is 0 Å². The fourth-order valence-electron chi connectivity index (χ4n) is 2.24. The summed E-state index contributed by atoms with van der Waals surface area (Å²) in [6.07, 6.45) is 0.00290. The van der Waals surface area contributed by atoms with Gasteiger partial charge in [-0.15, -0.1) is 0 Å². The Morgan fingerprint density at radius 3 is 3.00 bits per heavy atom. The van der Waals surface area contributed by atoms with Crippen molar-refractivity contribution in [3.63, 3.8) is 0 Å². The van der Waals surface area contributed by atoms with E-state index in [-0.39, 0.29) is 18.2 Å². The molecule has 0 saturated carbocycles. The Morgan fingerprint density at radius 1 is 1.69 bits per heavy atom. The average molecular weight is 204 g/mol. The van der Waals surface area contributed by atoms with Gasteiger partial charge in [-0.25, -0.2) is 0 Å². The molecule has 2 heterocycles. The van der Waals surface area contributed by atoms with Crippen molar-refractivity contribution in [2.75, 3.05) is 20.3 Å². The third-order valence-corrected chi connectivity index (χ3v) is 2.91. The van der Waals surface area contributed by atoms with Gasteiger partial charge in [0.1, 0.15) is 25.7 Å². The minimum absolute atomic E-state index is 0.0327. The summed E-state index contributed by atoms with van der Waals surface area (Å²) >= 11 is 3.74. The summed E-state index contributed by atoms with van der Waals surface area (Å²) in [5.41, 5.74) is -0.444. The van der Waals surface area contributed by atoms with Crippen molar-refractivity contribution in [3.8, 4) is 0 Å². The van der Waals surface area contributed by atoms with E-state index in [4.69, 9.17) is 18.4 Å². The van der Waals surface area contributed by atoms with Crippen LogP contribution in [0.1, 0.15) is 0 Å². The van der Waals surface area contributed by atoms with Gasteiger partial charge >= 0.3 is 0 Å². The fourth-order valence-corrected chi connectivity index (χ4v) is 2.46. The van der Waals surface area contributed by atoms with Crippen molar-refractivity contribution in [3.05, 3.63) is 0 Å². The average Bonchev–Trinajstić information content (AvgIpc) is 2.55. The molecule has 2 saturated heterocycles. The molecule has 4 nitrogen and oxygen atoms in total. The van der Waals surface area contributed by atoms with Crippen LogP contribution in [0.15, 0.2) is 0 Å². The predicted octanol–water partition coefficient (Wildman–Crippen LogP) is -1.01. The molecule has 0 aliphatic carbocycles. The van der Waals surface area contributed by atoms with Gasteiger partial charge in [-0.1, -0.05) is 0 Å². The molecule has 2 aliphatic rings. The molecule has 0 aromatic heterocycles. The SMILES string of the molecule is B[C@@H]1O[C@@]2(COS)COC1C2OC. The van der Waals surface area contributed by atoms with Crippen LogP contribution in [0, 0.1) is 0 Å². The van der Waals surface area contributed by atoms with Crippen LogP contribution in [0.2, 0.25) is 0 Å². The van der Waals surface area contributed by atoms with E-state index in [0.717, 1.165) is 0 Å². The Morgan fingerprint density at radius 2 is 2.46 bits per heavy atom. The summed E-state index contributed by atoms with van der Waals surface area (Å²) < 4.78 is 21.5. The van der Waals surface area contributed by atoms with E-state index in [1.165, 1.54) is 0 Å². The van der Waals surface area contributed by atoms with Gasteiger partial charge < -0.3 is 18.4 Å². The fraction of sp³-hybridized carbons (Fsp3) is 1.00. The Balaban J connectivity index is 2.17. The molecular weight excluding hydrogens is 191 g/mol. The van der Waals surface area contributed by atoms with E-state index in [2.05, 4.69) is 12.9 Å². The van der Waals surface area contributed by atoms with Gasteiger partial charge in [-0.05, 0) is 12.9 Å². The summed E-state index contributed by atoms with van der Waals surface area (Å²) in [5, 5.41) is 0. The number of methoxy groups -OCH3 is 1. The van der Waals surface area contributed by atoms with Crippen LogP contribution < -0.4 is 0 Å². The molecule has 2 fully saturated rings. The first-order valence-corrected chi connectivity index (χ1v) is 4.68. The van der Waals surface area contributed by atoms with Gasteiger partial charge in [0.15, 0.2) is 0 Å².